The van der Waals surface area contributed by atoms with Crippen molar-refractivity contribution in [2.75, 3.05) is 5.75 Å². The Kier molecular flexibility index (Phi) is 4.76. The number of thioether (sulfide) groups is 1. The highest BCUT2D eigenvalue weighted by Crippen LogP contribution is 2.34. The minimum atomic E-state index is -0.956. The van der Waals surface area contributed by atoms with Crippen LogP contribution in [0.4, 0.5) is 4.79 Å². The molecule has 0 saturated carbocycles. The number of aromatic nitrogens is 2. The highest BCUT2D eigenvalue weighted by molar-refractivity contribution is 8.00. The summed E-state index contributed by atoms with van der Waals surface area (Å²) in [5.41, 5.74) is 0.880. The van der Waals surface area contributed by atoms with Gasteiger partial charge in [-0.25, -0.2) is 9.59 Å². The number of aliphatic carboxylic acids is 1. The van der Waals surface area contributed by atoms with Crippen LogP contribution >= 0.6 is 11.8 Å². The fourth-order valence-corrected chi connectivity index (χ4v) is 3.79. The summed E-state index contributed by atoms with van der Waals surface area (Å²) >= 11 is 1.52. The molecule has 2 atom stereocenters. The Hall–Kier alpha value is -1.70. The first kappa shape index (κ1) is 15.7. The molecule has 1 aromatic heterocycles. The van der Waals surface area contributed by atoms with Crippen LogP contribution in [0.15, 0.2) is 12.4 Å². The summed E-state index contributed by atoms with van der Waals surface area (Å²) in [6.45, 7) is 4.32. The second kappa shape index (κ2) is 6.38. The molecule has 1 aromatic rings. The Balaban J connectivity index is 2.04. The standard InChI is InChI=1S/C13H20N4O3S/c1-8(2)11-17(10(7-21-11)12(18)19)13(20)14-4-9-5-15-16(3)6-9/h5-6,8,10-11H,4,7H2,1-3H3,(H,14,20)(H,18,19). The van der Waals surface area contributed by atoms with Crippen LogP contribution in [0.1, 0.15) is 19.4 Å². The van der Waals surface area contributed by atoms with Gasteiger partial charge in [-0.3, -0.25) is 9.58 Å². The Bertz CT molecular complexity index is 531. The number of hydrogen-bond donors (Lipinski definition) is 2. The predicted octanol–water partition coefficient (Wildman–Crippen LogP) is 1.11. The van der Waals surface area contributed by atoms with Crippen molar-refractivity contribution in [2.24, 2.45) is 13.0 Å². The maximum absolute atomic E-state index is 12.4. The van der Waals surface area contributed by atoms with E-state index in [-0.39, 0.29) is 17.3 Å². The summed E-state index contributed by atoms with van der Waals surface area (Å²) < 4.78 is 1.66. The Labute approximate surface area is 127 Å². The van der Waals surface area contributed by atoms with Crippen molar-refractivity contribution in [3.8, 4) is 0 Å². The molecule has 0 spiro atoms. The molecule has 2 amide bonds. The molecular weight excluding hydrogens is 292 g/mol. The molecular formula is C13H20N4O3S. The van der Waals surface area contributed by atoms with Gasteiger partial charge in [0.2, 0.25) is 0 Å². The van der Waals surface area contributed by atoms with Crippen LogP contribution in [0, 0.1) is 5.92 Å². The van der Waals surface area contributed by atoms with Crippen molar-refractivity contribution in [1.82, 2.24) is 20.0 Å². The molecule has 1 aliphatic rings. The van der Waals surface area contributed by atoms with Crippen molar-refractivity contribution in [3.05, 3.63) is 18.0 Å². The van der Waals surface area contributed by atoms with Gasteiger partial charge >= 0.3 is 12.0 Å². The number of nitrogens with zero attached hydrogens (tertiary/aromatic N) is 3. The van der Waals surface area contributed by atoms with Crippen LogP contribution in [0.3, 0.4) is 0 Å². The Morgan fingerprint density at radius 2 is 2.29 bits per heavy atom. The van der Waals surface area contributed by atoms with Crippen molar-refractivity contribution in [3.63, 3.8) is 0 Å². The van der Waals surface area contributed by atoms with Gasteiger partial charge in [0.05, 0.1) is 11.6 Å². The van der Waals surface area contributed by atoms with Gasteiger partial charge in [0, 0.05) is 31.1 Å². The summed E-state index contributed by atoms with van der Waals surface area (Å²) in [6, 6.07) is -1.11. The van der Waals surface area contributed by atoms with Gasteiger partial charge in [-0.2, -0.15) is 5.10 Å². The average molecular weight is 312 g/mol. The number of aryl methyl sites for hydroxylation is 1. The van der Waals surface area contributed by atoms with Crippen molar-refractivity contribution >= 4 is 23.8 Å². The van der Waals surface area contributed by atoms with Crippen LogP contribution in [0.2, 0.25) is 0 Å². The van der Waals surface area contributed by atoms with E-state index in [2.05, 4.69) is 10.4 Å². The molecule has 2 heterocycles. The van der Waals surface area contributed by atoms with E-state index in [0.29, 0.717) is 12.3 Å². The number of rotatable bonds is 4. The topological polar surface area (TPSA) is 87.5 Å². The van der Waals surface area contributed by atoms with Gasteiger partial charge in [-0.05, 0) is 5.92 Å². The molecule has 0 radical (unpaired) electrons. The Morgan fingerprint density at radius 1 is 1.57 bits per heavy atom. The lowest BCUT2D eigenvalue weighted by Crippen LogP contribution is -2.51. The van der Waals surface area contributed by atoms with E-state index < -0.39 is 12.0 Å². The third-order valence-corrected chi connectivity index (χ3v) is 4.95. The van der Waals surface area contributed by atoms with Crippen LogP contribution < -0.4 is 5.32 Å². The zero-order valence-corrected chi connectivity index (χ0v) is 13.1. The first-order valence-electron chi connectivity index (χ1n) is 6.78. The monoisotopic (exact) mass is 312 g/mol. The number of urea groups is 1. The van der Waals surface area contributed by atoms with Crippen LogP contribution in [-0.4, -0.2) is 49.0 Å². The molecule has 1 fully saturated rings. The molecule has 21 heavy (non-hydrogen) atoms. The van der Waals surface area contributed by atoms with Crippen molar-refractivity contribution in [2.45, 2.75) is 31.8 Å². The van der Waals surface area contributed by atoms with Gasteiger partial charge in [0.1, 0.15) is 6.04 Å². The predicted molar refractivity (Wildman–Crippen MR) is 79.8 cm³/mol. The maximum Gasteiger partial charge on any atom is 0.327 e. The first-order valence-corrected chi connectivity index (χ1v) is 7.83. The molecule has 0 bridgehead atoms. The quantitative estimate of drug-likeness (QED) is 0.870. The third-order valence-electron chi connectivity index (χ3n) is 3.33. The third kappa shape index (κ3) is 3.49. The second-order valence-corrected chi connectivity index (χ2v) is 6.56. The molecule has 2 N–H and O–H groups in total. The lowest BCUT2D eigenvalue weighted by molar-refractivity contribution is -0.141. The van der Waals surface area contributed by atoms with Gasteiger partial charge in [-0.1, -0.05) is 13.8 Å². The van der Waals surface area contributed by atoms with Gasteiger partial charge < -0.3 is 10.4 Å². The van der Waals surface area contributed by atoms with E-state index in [1.807, 2.05) is 20.0 Å². The molecule has 1 saturated heterocycles. The minimum absolute atomic E-state index is 0.111. The molecule has 116 valence electrons. The van der Waals surface area contributed by atoms with Crippen LogP contribution in [0.25, 0.3) is 0 Å². The number of hydrogen-bond acceptors (Lipinski definition) is 4. The highest BCUT2D eigenvalue weighted by atomic mass is 32.2. The molecule has 0 aromatic carbocycles. The van der Waals surface area contributed by atoms with Crippen LogP contribution in [0.5, 0.6) is 0 Å². The minimum Gasteiger partial charge on any atom is -0.480 e. The zero-order valence-electron chi connectivity index (χ0n) is 12.3. The number of carbonyl (C=O) groups is 2. The highest BCUT2D eigenvalue weighted by Gasteiger charge is 2.42. The summed E-state index contributed by atoms with van der Waals surface area (Å²) in [4.78, 5) is 25.1. The molecule has 1 aliphatic heterocycles. The molecule has 7 nitrogen and oxygen atoms in total. The van der Waals surface area contributed by atoms with Gasteiger partial charge in [0.15, 0.2) is 0 Å². The van der Waals surface area contributed by atoms with E-state index in [4.69, 9.17) is 0 Å². The van der Waals surface area contributed by atoms with E-state index >= 15 is 0 Å². The lowest BCUT2D eigenvalue weighted by Gasteiger charge is -2.29. The van der Waals surface area contributed by atoms with E-state index in [1.54, 1.807) is 17.9 Å². The molecule has 2 rings (SSSR count). The fraction of sp³-hybridized carbons (Fsp3) is 0.615. The summed E-state index contributed by atoms with van der Waals surface area (Å²) in [5.74, 6) is -0.330. The number of carboxylic acid groups (broad SMARTS) is 1. The van der Waals surface area contributed by atoms with Crippen molar-refractivity contribution < 1.29 is 14.7 Å². The number of amides is 2. The largest absolute Gasteiger partial charge is 0.480 e. The van der Waals surface area contributed by atoms with E-state index in [1.165, 1.54) is 16.7 Å². The van der Waals surface area contributed by atoms with Gasteiger partial charge in [0.25, 0.3) is 0 Å². The zero-order chi connectivity index (χ0) is 15.6. The number of carbonyl (C=O) groups excluding carboxylic acids is 1. The molecule has 2 unspecified atom stereocenters. The van der Waals surface area contributed by atoms with Gasteiger partial charge in [-0.15, -0.1) is 11.8 Å². The number of nitrogens with one attached hydrogen (secondary N) is 1. The first-order chi connectivity index (χ1) is 9.90. The number of carboxylic acids is 1. The van der Waals surface area contributed by atoms with Crippen LogP contribution in [-0.2, 0) is 18.4 Å². The summed E-state index contributed by atoms with van der Waals surface area (Å²) in [6.07, 6.45) is 3.49. The smallest absolute Gasteiger partial charge is 0.327 e. The SMILES string of the molecule is CC(C)C1SCC(C(=O)O)N1C(=O)NCc1cnn(C)c1. The normalized spacial score (nSPS) is 21.8. The molecule has 8 heteroatoms. The summed E-state index contributed by atoms with van der Waals surface area (Å²) in [7, 11) is 1.80. The second-order valence-electron chi connectivity index (χ2n) is 5.41. The summed E-state index contributed by atoms with van der Waals surface area (Å²) in [5, 5.41) is 16.0. The van der Waals surface area contributed by atoms with E-state index in [9.17, 15) is 14.7 Å². The molecule has 0 aliphatic carbocycles. The fourth-order valence-electron chi connectivity index (χ4n) is 2.32. The van der Waals surface area contributed by atoms with E-state index in [0.717, 1.165) is 5.56 Å². The lowest BCUT2D eigenvalue weighted by atomic mass is 10.2. The van der Waals surface area contributed by atoms with Crippen molar-refractivity contribution in [1.29, 1.82) is 0 Å². The average Bonchev–Trinajstić information content (AvgIpc) is 3.01. The Morgan fingerprint density at radius 3 is 2.81 bits per heavy atom. The maximum atomic E-state index is 12.4.